The first-order valence-electron chi connectivity index (χ1n) is 7.34. The molecule has 0 aliphatic heterocycles. The van der Waals surface area contributed by atoms with Crippen molar-refractivity contribution in [2.75, 3.05) is 23.3 Å². The summed E-state index contributed by atoms with van der Waals surface area (Å²) in [6, 6.07) is 7.13. The molecule has 18 heavy (non-hydrogen) atoms. The number of anilines is 2. The number of nitrogens with zero attached hydrogens (tertiary/aromatic N) is 2. The normalized spacial score (nSPS) is 18.7. The number of nitrogens with one attached hydrogen (secondary N) is 1. The zero-order valence-electron chi connectivity index (χ0n) is 11.2. The zero-order valence-corrected chi connectivity index (χ0v) is 11.2. The molecule has 1 aromatic rings. The van der Waals surface area contributed by atoms with Gasteiger partial charge in [-0.3, -0.25) is 0 Å². The summed E-state index contributed by atoms with van der Waals surface area (Å²) in [6.45, 7) is 4.40. The van der Waals surface area contributed by atoms with Crippen LogP contribution in [-0.2, 0) is 0 Å². The molecule has 2 saturated carbocycles. The van der Waals surface area contributed by atoms with Crippen molar-refractivity contribution in [3.63, 3.8) is 0 Å². The average molecular weight is 245 g/mol. The molecule has 2 aliphatic rings. The van der Waals surface area contributed by atoms with Gasteiger partial charge in [0.2, 0.25) is 0 Å². The summed E-state index contributed by atoms with van der Waals surface area (Å²) in [5.74, 6) is 3.13. The highest BCUT2D eigenvalue weighted by Gasteiger charge is 2.34. The van der Waals surface area contributed by atoms with Crippen molar-refractivity contribution in [2.45, 2.75) is 45.1 Å². The summed E-state index contributed by atoms with van der Waals surface area (Å²) in [4.78, 5) is 7.30. The highest BCUT2D eigenvalue weighted by molar-refractivity contribution is 5.48. The van der Waals surface area contributed by atoms with Crippen LogP contribution in [0.2, 0.25) is 0 Å². The van der Waals surface area contributed by atoms with Gasteiger partial charge in [0.1, 0.15) is 11.6 Å². The molecule has 0 amide bonds. The quantitative estimate of drug-likeness (QED) is 0.799. The predicted octanol–water partition coefficient (Wildman–Crippen LogP) is 3.28. The third-order valence-corrected chi connectivity index (χ3v) is 3.72. The van der Waals surface area contributed by atoms with Crippen molar-refractivity contribution in [1.29, 1.82) is 0 Å². The first-order chi connectivity index (χ1) is 8.86. The Balaban J connectivity index is 1.71. The molecule has 1 N–H and O–H groups in total. The molecule has 0 spiro atoms. The Bertz CT molecular complexity index is 396. The summed E-state index contributed by atoms with van der Waals surface area (Å²) in [5.41, 5.74) is 0. The molecule has 1 heterocycles. The number of pyridine rings is 1. The first kappa shape index (κ1) is 11.8. The second kappa shape index (κ2) is 5.17. The van der Waals surface area contributed by atoms with Crippen LogP contribution in [0.3, 0.4) is 0 Å². The number of aromatic nitrogens is 1. The fraction of sp³-hybridized carbons (Fsp3) is 0.667. The monoisotopic (exact) mass is 245 g/mol. The van der Waals surface area contributed by atoms with Gasteiger partial charge in [-0.15, -0.1) is 0 Å². The Kier molecular flexibility index (Phi) is 3.39. The fourth-order valence-corrected chi connectivity index (χ4v) is 2.33. The van der Waals surface area contributed by atoms with Crippen LogP contribution in [0.5, 0.6) is 0 Å². The van der Waals surface area contributed by atoms with Crippen LogP contribution in [-0.4, -0.2) is 24.1 Å². The lowest BCUT2D eigenvalue weighted by molar-refractivity contribution is 0.709. The van der Waals surface area contributed by atoms with E-state index in [1.165, 1.54) is 38.0 Å². The van der Waals surface area contributed by atoms with Crippen molar-refractivity contribution in [2.24, 2.45) is 5.92 Å². The molecule has 1 aromatic heterocycles. The summed E-state index contributed by atoms with van der Waals surface area (Å²) in [5, 5.41) is 3.38. The molecule has 2 fully saturated rings. The van der Waals surface area contributed by atoms with E-state index in [1.54, 1.807) is 0 Å². The Morgan fingerprint density at radius 3 is 2.78 bits per heavy atom. The van der Waals surface area contributed by atoms with Crippen LogP contribution in [0, 0.1) is 5.92 Å². The molecule has 3 heteroatoms. The van der Waals surface area contributed by atoms with Gasteiger partial charge >= 0.3 is 0 Å². The van der Waals surface area contributed by atoms with Crippen LogP contribution in [0.1, 0.15) is 39.0 Å². The fourth-order valence-electron chi connectivity index (χ4n) is 2.33. The lowest BCUT2D eigenvalue weighted by atomic mass is 10.3. The Morgan fingerprint density at radius 1 is 1.28 bits per heavy atom. The standard InChI is InChI=1S/C15H23N3/c1-2-10-16-14-4-3-5-15(17-14)18(13-8-9-13)11-12-6-7-12/h3-5,12-13H,2,6-11H2,1H3,(H,16,17). The molecule has 3 rings (SSSR count). The minimum Gasteiger partial charge on any atom is -0.370 e. The number of hydrogen-bond acceptors (Lipinski definition) is 3. The van der Waals surface area contributed by atoms with E-state index in [0.717, 1.165) is 30.7 Å². The molecular weight excluding hydrogens is 222 g/mol. The Morgan fingerprint density at radius 2 is 2.11 bits per heavy atom. The van der Waals surface area contributed by atoms with Gasteiger partial charge in [0.15, 0.2) is 0 Å². The summed E-state index contributed by atoms with van der Waals surface area (Å²) >= 11 is 0. The van der Waals surface area contributed by atoms with Gasteiger partial charge in [-0.25, -0.2) is 4.98 Å². The summed E-state index contributed by atoms with van der Waals surface area (Å²) in [6.07, 6.45) is 6.66. The molecule has 2 aliphatic carbocycles. The lowest BCUT2D eigenvalue weighted by Gasteiger charge is -2.24. The van der Waals surface area contributed by atoms with Gasteiger partial charge in [0, 0.05) is 19.1 Å². The predicted molar refractivity (Wildman–Crippen MR) is 76.1 cm³/mol. The highest BCUT2D eigenvalue weighted by Crippen LogP contribution is 2.37. The van der Waals surface area contributed by atoms with Crippen LogP contribution in [0.15, 0.2) is 18.2 Å². The Hall–Kier alpha value is -1.25. The molecule has 0 radical (unpaired) electrons. The number of rotatable bonds is 7. The molecule has 0 atom stereocenters. The minimum atomic E-state index is 0.763. The van der Waals surface area contributed by atoms with E-state index in [4.69, 9.17) is 4.98 Å². The van der Waals surface area contributed by atoms with Gasteiger partial charge in [0.05, 0.1) is 0 Å². The van der Waals surface area contributed by atoms with Crippen LogP contribution in [0.25, 0.3) is 0 Å². The lowest BCUT2D eigenvalue weighted by Crippen LogP contribution is -2.29. The van der Waals surface area contributed by atoms with Crippen LogP contribution in [0.4, 0.5) is 11.6 Å². The van der Waals surface area contributed by atoms with Gasteiger partial charge in [-0.05, 0) is 50.2 Å². The van der Waals surface area contributed by atoms with E-state index in [2.05, 4.69) is 35.3 Å². The van der Waals surface area contributed by atoms with Crippen molar-refractivity contribution < 1.29 is 0 Å². The van der Waals surface area contributed by atoms with E-state index in [0.29, 0.717) is 0 Å². The molecule has 3 nitrogen and oxygen atoms in total. The van der Waals surface area contributed by atoms with Crippen molar-refractivity contribution in [3.8, 4) is 0 Å². The smallest absolute Gasteiger partial charge is 0.131 e. The average Bonchev–Trinajstić information content (AvgIpc) is 3.27. The van der Waals surface area contributed by atoms with E-state index >= 15 is 0 Å². The molecule has 0 bridgehead atoms. The van der Waals surface area contributed by atoms with Crippen molar-refractivity contribution >= 4 is 11.6 Å². The van der Waals surface area contributed by atoms with Gasteiger partial charge in [-0.2, -0.15) is 0 Å². The second-order valence-corrected chi connectivity index (χ2v) is 5.63. The third-order valence-electron chi connectivity index (χ3n) is 3.72. The molecule has 98 valence electrons. The van der Waals surface area contributed by atoms with Gasteiger partial charge in [0.25, 0.3) is 0 Å². The van der Waals surface area contributed by atoms with Crippen LogP contribution < -0.4 is 10.2 Å². The van der Waals surface area contributed by atoms with E-state index in [1.807, 2.05) is 0 Å². The highest BCUT2D eigenvalue weighted by atomic mass is 15.2. The number of hydrogen-bond donors (Lipinski definition) is 1. The minimum absolute atomic E-state index is 0.763. The van der Waals surface area contributed by atoms with E-state index < -0.39 is 0 Å². The molecule has 0 saturated heterocycles. The van der Waals surface area contributed by atoms with E-state index in [9.17, 15) is 0 Å². The topological polar surface area (TPSA) is 28.2 Å². The molecule has 0 aromatic carbocycles. The molecular formula is C15H23N3. The van der Waals surface area contributed by atoms with Crippen molar-refractivity contribution in [1.82, 2.24) is 4.98 Å². The van der Waals surface area contributed by atoms with Crippen LogP contribution >= 0.6 is 0 Å². The summed E-state index contributed by atoms with van der Waals surface area (Å²) in [7, 11) is 0. The molecule has 0 unspecified atom stereocenters. The first-order valence-corrected chi connectivity index (χ1v) is 7.34. The SMILES string of the molecule is CCCNc1cccc(N(CC2CC2)C2CC2)n1. The maximum absolute atomic E-state index is 4.77. The maximum Gasteiger partial charge on any atom is 0.131 e. The largest absolute Gasteiger partial charge is 0.370 e. The van der Waals surface area contributed by atoms with Gasteiger partial charge < -0.3 is 10.2 Å². The van der Waals surface area contributed by atoms with Crippen molar-refractivity contribution in [3.05, 3.63) is 18.2 Å². The second-order valence-electron chi connectivity index (χ2n) is 5.63. The Labute approximate surface area is 110 Å². The van der Waals surface area contributed by atoms with E-state index in [-0.39, 0.29) is 0 Å². The maximum atomic E-state index is 4.77. The van der Waals surface area contributed by atoms with Gasteiger partial charge in [-0.1, -0.05) is 13.0 Å². The summed E-state index contributed by atoms with van der Waals surface area (Å²) < 4.78 is 0. The zero-order chi connectivity index (χ0) is 12.4. The third kappa shape index (κ3) is 2.95.